The van der Waals surface area contributed by atoms with E-state index in [0.29, 0.717) is 0 Å². The first kappa shape index (κ1) is 19.0. The normalized spacial score (nSPS) is 11.4. The fraction of sp³-hybridized carbons (Fsp3) is 1.00. The molecule has 0 radical (unpaired) electrons. The highest BCUT2D eigenvalue weighted by atomic mass is 15.1. The van der Waals surface area contributed by atoms with E-state index in [-0.39, 0.29) is 0 Å². The Bertz CT molecular complexity index is 156. The Labute approximate surface area is 123 Å². The summed E-state index contributed by atoms with van der Waals surface area (Å²) in [6, 6.07) is 0. The molecule has 116 valence electrons. The topological polar surface area (TPSA) is 3.24 Å². The van der Waals surface area contributed by atoms with Gasteiger partial charge in [0.25, 0.3) is 0 Å². The molecule has 0 saturated carbocycles. The minimum Gasteiger partial charge on any atom is -0.306 e. The zero-order valence-electron chi connectivity index (χ0n) is 14.1. The van der Waals surface area contributed by atoms with E-state index in [2.05, 4.69) is 25.8 Å². The SMILES string of the molecule is CCCCCCCCCCCCN(C)CCCCC. The Hall–Kier alpha value is -0.0400. The molecule has 0 bridgehead atoms. The van der Waals surface area contributed by atoms with Crippen LogP contribution in [0.3, 0.4) is 0 Å². The van der Waals surface area contributed by atoms with Gasteiger partial charge in [-0.1, -0.05) is 84.5 Å². The number of nitrogens with zero attached hydrogens (tertiary/aromatic N) is 1. The summed E-state index contributed by atoms with van der Waals surface area (Å²) >= 11 is 0. The second-order valence-corrected chi connectivity index (χ2v) is 6.19. The second kappa shape index (κ2) is 16.0. The highest BCUT2D eigenvalue weighted by Crippen LogP contribution is 2.10. The van der Waals surface area contributed by atoms with Gasteiger partial charge in [-0.05, 0) is 33.0 Å². The van der Waals surface area contributed by atoms with E-state index < -0.39 is 0 Å². The molecule has 0 aromatic carbocycles. The third kappa shape index (κ3) is 15.9. The van der Waals surface area contributed by atoms with E-state index in [9.17, 15) is 0 Å². The van der Waals surface area contributed by atoms with Crippen LogP contribution in [-0.4, -0.2) is 25.0 Å². The van der Waals surface area contributed by atoms with Gasteiger partial charge in [-0.2, -0.15) is 0 Å². The summed E-state index contributed by atoms with van der Waals surface area (Å²) in [5.74, 6) is 0. The van der Waals surface area contributed by atoms with Crippen molar-refractivity contribution in [1.82, 2.24) is 4.90 Å². The van der Waals surface area contributed by atoms with Crippen LogP contribution in [0.4, 0.5) is 0 Å². The van der Waals surface area contributed by atoms with Gasteiger partial charge in [0, 0.05) is 0 Å². The maximum absolute atomic E-state index is 2.51. The first-order valence-electron chi connectivity index (χ1n) is 8.99. The molecule has 0 aliphatic carbocycles. The molecule has 0 amide bonds. The van der Waals surface area contributed by atoms with Crippen LogP contribution in [0.25, 0.3) is 0 Å². The first-order chi connectivity index (χ1) is 9.31. The van der Waals surface area contributed by atoms with Gasteiger partial charge in [-0.3, -0.25) is 0 Å². The lowest BCUT2D eigenvalue weighted by atomic mass is 10.1. The van der Waals surface area contributed by atoms with Crippen molar-refractivity contribution >= 4 is 0 Å². The van der Waals surface area contributed by atoms with Crippen molar-refractivity contribution < 1.29 is 0 Å². The molecular weight excluding hydrogens is 230 g/mol. The van der Waals surface area contributed by atoms with E-state index in [4.69, 9.17) is 0 Å². The lowest BCUT2D eigenvalue weighted by Gasteiger charge is -2.15. The first-order valence-corrected chi connectivity index (χ1v) is 8.99. The highest BCUT2D eigenvalue weighted by Gasteiger charge is 1.98. The van der Waals surface area contributed by atoms with E-state index in [1.54, 1.807) is 0 Å². The molecule has 0 aromatic rings. The number of hydrogen-bond donors (Lipinski definition) is 0. The van der Waals surface area contributed by atoms with E-state index in [1.165, 1.54) is 96.6 Å². The molecule has 0 saturated heterocycles. The molecule has 0 unspecified atom stereocenters. The largest absolute Gasteiger partial charge is 0.306 e. The molecule has 0 N–H and O–H groups in total. The molecule has 0 heterocycles. The van der Waals surface area contributed by atoms with Gasteiger partial charge in [0.15, 0.2) is 0 Å². The second-order valence-electron chi connectivity index (χ2n) is 6.19. The number of hydrogen-bond acceptors (Lipinski definition) is 1. The van der Waals surface area contributed by atoms with E-state index in [0.717, 1.165) is 0 Å². The smallest absolute Gasteiger partial charge is 0.00218 e. The summed E-state index contributed by atoms with van der Waals surface area (Å²) in [5, 5.41) is 0. The van der Waals surface area contributed by atoms with Crippen molar-refractivity contribution in [2.24, 2.45) is 0 Å². The van der Waals surface area contributed by atoms with Gasteiger partial charge < -0.3 is 4.90 Å². The van der Waals surface area contributed by atoms with Crippen molar-refractivity contribution in [1.29, 1.82) is 0 Å². The van der Waals surface area contributed by atoms with Crippen LogP contribution in [0.2, 0.25) is 0 Å². The van der Waals surface area contributed by atoms with Gasteiger partial charge >= 0.3 is 0 Å². The average Bonchev–Trinajstić information content (AvgIpc) is 2.41. The Morgan fingerprint density at radius 1 is 0.474 bits per heavy atom. The average molecular weight is 270 g/mol. The fourth-order valence-electron chi connectivity index (χ4n) is 2.61. The summed E-state index contributed by atoms with van der Waals surface area (Å²) in [6.07, 6.45) is 18.5. The molecule has 0 spiro atoms. The van der Waals surface area contributed by atoms with Crippen LogP contribution in [0, 0.1) is 0 Å². The maximum atomic E-state index is 2.51. The standard InChI is InChI=1S/C18H39N/c1-4-6-8-9-10-11-12-13-14-16-18-19(3)17-15-7-5-2/h4-18H2,1-3H3. The molecule has 1 nitrogen and oxygen atoms in total. The summed E-state index contributed by atoms with van der Waals surface area (Å²) in [6.45, 7) is 7.17. The third-order valence-corrected chi connectivity index (χ3v) is 4.04. The fourth-order valence-corrected chi connectivity index (χ4v) is 2.61. The zero-order valence-corrected chi connectivity index (χ0v) is 14.1. The van der Waals surface area contributed by atoms with Gasteiger partial charge in [0.1, 0.15) is 0 Å². The quantitative estimate of drug-likeness (QED) is 0.328. The minimum absolute atomic E-state index is 1.30. The monoisotopic (exact) mass is 269 g/mol. The van der Waals surface area contributed by atoms with Gasteiger partial charge in [-0.15, -0.1) is 0 Å². The summed E-state index contributed by atoms with van der Waals surface area (Å²) < 4.78 is 0. The third-order valence-electron chi connectivity index (χ3n) is 4.04. The van der Waals surface area contributed by atoms with Gasteiger partial charge in [0.05, 0.1) is 0 Å². The molecule has 0 aliphatic heterocycles. The zero-order chi connectivity index (χ0) is 14.2. The van der Waals surface area contributed by atoms with Gasteiger partial charge in [0.2, 0.25) is 0 Å². The van der Waals surface area contributed by atoms with Crippen LogP contribution < -0.4 is 0 Å². The molecule has 0 aromatic heterocycles. The Morgan fingerprint density at radius 2 is 0.789 bits per heavy atom. The van der Waals surface area contributed by atoms with Crippen molar-refractivity contribution in [3.8, 4) is 0 Å². The van der Waals surface area contributed by atoms with Crippen LogP contribution in [-0.2, 0) is 0 Å². The molecule has 19 heavy (non-hydrogen) atoms. The molecule has 0 aliphatic rings. The van der Waals surface area contributed by atoms with Crippen LogP contribution in [0.1, 0.15) is 97.3 Å². The summed E-state index contributed by atoms with van der Waals surface area (Å²) in [7, 11) is 2.28. The van der Waals surface area contributed by atoms with E-state index >= 15 is 0 Å². The molecule has 0 fully saturated rings. The number of unbranched alkanes of at least 4 members (excludes halogenated alkanes) is 11. The number of rotatable bonds is 15. The van der Waals surface area contributed by atoms with Crippen LogP contribution in [0.5, 0.6) is 0 Å². The van der Waals surface area contributed by atoms with Gasteiger partial charge in [-0.25, -0.2) is 0 Å². The maximum Gasteiger partial charge on any atom is -0.00218 e. The van der Waals surface area contributed by atoms with E-state index in [1.807, 2.05) is 0 Å². The summed E-state index contributed by atoms with van der Waals surface area (Å²) in [4.78, 5) is 2.51. The summed E-state index contributed by atoms with van der Waals surface area (Å²) in [5.41, 5.74) is 0. The minimum atomic E-state index is 1.30. The van der Waals surface area contributed by atoms with Crippen molar-refractivity contribution in [3.05, 3.63) is 0 Å². The Morgan fingerprint density at radius 3 is 1.26 bits per heavy atom. The highest BCUT2D eigenvalue weighted by molar-refractivity contribution is 4.53. The lowest BCUT2D eigenvalue weighted by Crippen LogP contribution is -2.20. The molecule has 0 atom stereocenters. The van der Waals surface area contributed by atoms with Crippen LogP contribution >= 0.6 is 0 Å². The van der Waals surface area contributed by atoms with Crippen LogP contribution in [0.15, 0.2) is 0 Å². The van der Waals surface area contributed by atoms with Crippen molar-refractivity contribution in [3.63, 3.8) is 0 Å². The van der Waals surface area contributed by atoms with Crippen molar-refractivity contribution in [2.45, 2.75) is 97.3 Å². The molecular formula is C18H39N. The van der Waals surface area contributed by atoms with Crippen molar-refractivity contribution in [2.75, 3.05) is 20.1 Å². The predicted molar refractivity (Wildman–Crippen MR) is 88.9 cm³/mol. The Kier molecular flexibility index (Phi) is 16.0. The molecule has 1 heteroatoms. The lowest BCUT2D eigenvalue weighted by molar-refractivity contribution is 0.315. The predicted octanol–water partition coefficient (Wildman–Crippen LogP) is 6.03. The Balaban J connectivity index is 3.05. The molecule has 0 rings (SSSR count).